The Labute approximate surface area is 106 Å². The maximum atomic E-state index is 8.99. The van der Waals surface area contributed by atoms with Gasteiger partial charge in [0.1, 0.15) is 0 Å². The predicted octanol–water partition coefficient (Wildman–Crippen LogP) is 0.373. The highest BCUT2D eigenvalue weighted by Crippen LogP contribution is 2.15. The first-order chi connectivity index (χ1) is 8.24. The summed E-state index contributed by atoms with van der Waals surface area (Å²) in [6.07, 6.45) is 2.14. The Balaban J connectivity index is 2.33. The summed E-state index contributed by atoms with van der Waals surface area (Å²) in [6, 6.07) is 1.16. The van der Waals surface area contributed by atoms with E-state index in [4.69, 9.17) is 5.11 Å². The molecule has 2 N–H and O–H groups in total. The minimum atomic E-state index is 0.277. The van der Waals surface area contributed by atoms with Gasteiger partial charge in [0.25, 0.3) is 0 Å². The van der Waals surface area contributed by atoms with Crippen LogP contribution in [0.4, 0.5) is 0 Å². The van der Waals surface area contributed by atoms with Gasteiger partial charge in [-0.3, -0.25) is 4.90 Å². The van der Waals surface area contributed by atoms with Crippen molar-refractivity contribution in [2.45, 2.75) is 38.8 Å². The van der Waals surface area contributed by atoms with Gasteiger partial charge in [-0.05, 0) is 39.5 Å². The summed E-state index contributed by atoms with van der Waals surface area (Å²) in [5, 5.41) is 12.3. The lowest BCUT2D eigenvalue weighted by molar-refractivity contribution is 0.197. The maximum absolute atomic E-state index is 8.99. The van der Waals surface area contributed by atoms with E-state index in [0.29, 0.717) is 6.04 Å². The third kappa shape index (κ3) is 4.54. The van der Waals surface area contributed by atoms with Crippen molar-refractivity contribution in [3.63, 3.8) is 0 Å². The molecule has 0 aromatic rings. The van der Waals surface area contributed by atoms with Gasteiger partial charge in [-0.25, -0.2) is 0 Å². The van der Waals surface area contributed by atoms with Crippen LogP contribution in [0.2, 0.25) is 0 Å². The fraction of sp³-hybridized carbons (Fsp3) is 1.00. The van der Waals surface area contributed by atoms with E-state index in [1.54, 1.807) is 0 Å². The van der Waals surface area contributed by atoms with Crippen molar-refractivity contribution in [2.24, 2.45) is 0 Å². The molecule has 4 nitrogen and oxygen atoms in total. The van der Waals surface area contributed by atoms with Gasteiger partial charge in [0.2, 0.25) is 0 Å². The molecule has 0 saturated carbocycles. The number of hydrogen-bond acceptors (Lipinski definition) is 4. The molecule has 4 heteroatoms. The number of likely N-dealkylation sites (N-methyl/N-ethyl adjacent to an activating group) is 2. The van der Waals surface area contributed by atoms with E-state index in [2.05, 4.69) is 29.0 Å². The first-order valence-electron chi connectivity index (χ1n) is 6.99. The van der Waals surface area contributed by atoms with Gasteiger partial charge in [0.05, 0.1) is 0 Å². The van der Waals surface area contributed by atoms with Crippen molar-refractivity contribution in [3.8, 4) is 0 Å². The number of likely N-dealkylation sites (tertiary alicyclic amines) is 1. The Morgan fingerprint density at radius 3 is 2.65 bits per heavy atom. The molecular formula is C13H29N3O. The fourth-order valence-electron chi connectivity index (χ4n) is 2.81. The zero-order valence-electron chi connectivity index (χ0n) is 11.7. The third-order valence-corrected chi connectivity index (χ3v) is 3.94. The fourth-order valence-corrected chi connectivity index (χ4v) is 2.81. The monoisotopic (exact) mass is 243 g/mol. The van der Waals surface area contributed by atoms with Gasteiger partial charge in [0, 0.05) is 31.8 Å². The molecule has 1 heterocycles. The Hall–Kier alpha value is -0.160. The largest absolute Gasteiger partial charge is 0.396 e. The number of nitrogens with one attached hydrogen (secondary N) is 1. The van der Waals surface area contributed by atoms with Crippen molar-refractivity contribution in [1.29, 1.82) is 0 Å². The average Bonchev–Trinajstić information content (AvgIpc) is 2.79. The lowest BCUT2D eigenvalue weighted by Crippen LogP contribution is -2.41. The molecule has 0 aromatic heterocycles. The minimum Gasteiger partial charge on any atom is -0.396 e. The smallest absolute Gasteiger partial charge is 0.0446 e. The lowest BCUT2D eigenvalue weighted by Gasteiger charge is -2.27. The number of nitrogens with zero attached hydrogens (tertiary/aromatic N) is 2. The molecule has 0 spiro atoms. The molecule has 0 bridgehead atoms. The van der Waals surface area contributed by atoms with E-state index in [9.17, 15) is 0 Å². The standard InChI is InChI=1S/C13H29N3O/c1-4-16(5-2)13-6-8-15(11-13)10-12(14-3)7-9-17/h12-14,17H,4-11H2,1-3H3. The molecule has 0 radical (unpaired) electrons. The normalized spacial score (nSPS) is 23.5. The van der Waals surface area contributed by atoms with Crippen LogP contribution in [0.15, 0.2) is 0 Å². The third-order valence-electron chi connectivity index (χ3n) is 3.94. The first kappa shape index (κ1) is 14.9. The molecule has 0 amide bonds. The lowest BCUT2D eigenvalue weighted by atomic mass is 10.2. The molecular weight excluding hydrogens is 214 g/mol. The minimum absolute atomic E-state index is 0.277. The second-order valence-electron chi connectivity index (χ2n) is 4.92. The van der Waals surface area contributed by atoms with Gasteiger partial charge < -0.3 is 15.3 Å². The molecule has 1 fully saturated rings. The van der Waals surface area contributed by atoms with Gasteiger partial charge in [0.15, 0.2) is 0 Å². The molecule has 0 aromatic carbocycles. The Morgan fingerprint density at radius 1 is 1.41 bits per heavy atom. The van der Waals surface area contributed by atoms with E-state index >= 15 is 0 Å². The Kier molecular flexibility index (Phi) is 7.04. The van der Waals surface area contributed by atoms with Crippen LogP contribution in [-0.2, 0) is 0 Å². The van der Waals surface area contributed by atoms with Gasteiger partial charge >= 0.3 is 0 Å². The van der Waals surface area contributed by atoms with Gasteiger partial charge in [-0.1, -0.05) is 13.8 Å². The number of aliphatic hydroxyl groups excluding tert-OH is 1. The SMILES string of the molecule is CCN(CC)C1CCN(CC(CCO)NC)C1. The van der Waals surface area contributed by atoms with Crippen molar-refractivity contribution in [1.82, 2.24) is 15.1 Å². The van der Waals surface area contributed by atoms with Crippen LogP contribution in [0.5, 0.6) is 0 Å². The van der Waals surface area contributed by atoms with Crippen LogP contribution >= 0.6 is 0 Å². The summed E-state index contributed by atoms with van der Waals surface area (Å²) < 4.78 is 0. The average molecular weight is 243 g/mol. The van der Waals surface area contributed by atoms with E-state index in [0.717, 1.165) is 32.1 Å². The van der Waals surface area contributed by atoms with Crippen LogP contribution < -0.4 is 5.32 Å². The van der Waals surface area contributed by atoms with Crippen LogP contribution in [0.3, 0.4) is 0 Å². The Bertz CT molecular complexity index is 197. The van der Waals surface area contributed by atoms with E-state index < -0.39 is 0 Å². The maximum Gasteiger partial charge on any atom is 0.0446 e. The topological polar surface area (TPSA) is 38.7 Å². The van der Waals surface area contributed by atoms with E-state index in [1.807, 2.05) is 7.05 Å². The Morgan fingerprint density at radius 2 is 2.12 bits per heavy atom. The van der Waals surface area contributed by atoms with Crippen LogP contribution in [0.1, 0.15) is 26.7 Å². The molecule has 2 unspecified atom stereocenters. The van der Waals surface area contributed by atoms with Gasteiger partial charge in [-0.2, -0.15) is 0 Å². The van der Waals surface area contributed by atoms with Gasteiger partial charge in [-0.15, -0.1) is 0 Å². The predicted molar refractivity (Wildman–Crippen MR) is 72.3 cm³/mol. The summed E-state index contributed by atoms with van der Waals surface area (Å²) in [4.78, 5) is 5.08. The van der Waals surface area contributed by atoms with Crippen LogP contribution in [-0.4, -0.2) is 73.4 Å². The summed E-state index contributed by atoms with van der Waals surface area (Å²) >= 11 is 0. The number of hydrogen-bond donors (Lipinski definition) is 2. The molecule has 1 aliphatic rings. The zero-order chi connectivity index (χ0) is 12.7. The second-order valence-corrected chi connectivity index (χ2v) is 4.92. The number of aliphatic hydroxyl groups is 1. The van der Waals surface area contributed by atoms with Crippen molar-refractivity contribution in [3.05, 3.63) is 0 Å². The highest BCUT2D eigenvalue weighted by atomic mass is 16.3. The van der Waals surface area contributed by atoms with Crippen molar-refractivity contribution >= 4 is 0 Å². The summed E-state index contributed by atoms with van der Waals surface area (Å²) in [6.45, 7) is 10.5. The van der Waals surface area contributed by atoms with E-state index in [-0.39, 0.29) is 6.61 Å². The highest BCUT2D eigenvalue weighted by Gasteiger charge is 2.27. The van der Waals surface area contributed by atoms with Crippen molar-refractivity contribution < 1.29 is 5.11 Å². The van der Waals surface area contributed by atoms with Crippen LogP contribution in [0, 0.1) is 0 Å². The molecule has 2 atom stereocenters. The quantitative estimate of drug-likeness (QED) is 0.646. The number of rotatable bonds is 8. The van der Waals surface area contributed by atoms with E-state index in [1.165, 1.54) is 19.5 Å². The summed E-state index contributed by atoms with van der Waals surface area (Å²) in [7, 11) is 1.98. The molecule has 1 rings (SSSR count). The molecule has 102 valence electrons. The van der Waals surface area contributed by atoms with Crippen LogP contribution in [0.25, 0.3) is 0 Å². The molecule has 0 aliphatic carbocycles. The first-order valence-corrected chi connectivity index (χ1v) is 6.99. The summed E-state index contributed by atoms with van der Waals surface area (Å²) in [5.74, 6) is 0. The molecule has 17 heavy (non-hydrogen) atoms. The summed E-state index contributed by atoms with van der Waals surface area (Å²) in [5.41, 5.74) is 0. The van der Waals surface area contributed by atoms with Crippen molar-refractivity contribution in [2.75, 3.05) is 46.4 Å². The highest BCUT2D eigenvalue weighted by molar-refractivity contribution is 4.84. The second kappa shape index (κ2) is 8.03. The zero-order valence-corrected chi connectivity index (χ0v) is 11.7. The molecule has 1 aliphatic heterocycles. The molecule has 1 saturated heterocycles.